The van der Waals surface area contributed by atoms with Gasteiger partial charge in [-0.2, -0.15) is 0 Å². The monoisotopic (exact) mass is 426 g/mol. The van der Waals surface area contributed by atoms with Crippen LogP contribution in [0.2, 0.25) is 0 Å². The number of allylic oxidation sites excluding steroid dienone is 3. The van der Waals surface area contributed by atoms with Crippen LogP contribution >= 0.6 is 0 Å². The van der Waals surface area contributed by atoms with Crippen LogP contribution in [0.15, 0.2) is 48.1 Å². The van der Waals surface area contributed by atoms with Crippen LogP contribution in [-0.2, 0) is 0 Å². The van der Waals surface area contributed by atoms with Crippen LogP contribution in [0.3, 0.4) is 0 Å². The molecule has 4 bridgehead atoms. The average molecular weight is 427 g/mol. The zero-order chi connectivity index (χ0) is 22.4. The molecular formula is C27H46N4. The quantitative estimate of drug-likeness (QED) is 0.540. The maximum atomic E-state index is 4.09. The molecule has 4 unspecified atom stereocenters. The third-order valence-electron chi connectivity index (χ3n) is 7.64. The fraction of sp³-hybridized carbons (Fsp3) is 0.704. The highest BCUT2D eigenvalue weighted by Gasteiger charge is 2.44. The van der Waals surface area contributed by atoms with Gasteiger partial charge in [-0.25, -0.2) is 0 Å². The van der Waals surface area contributed by atoms with Gasteiger partial charge < -0.3 is 9.80 Å². The van der Waals surface area contributed by atoms with Crippen LogP contribution < -0.4 is 0 Å². The summed E-state index contributed by atoms with van der Waals surface area (Å²) in [7, 11) is 0. The largest absolute Gasteiger partial charge is 0.301 e. The van der Waals surface area contributed by atoms with Gasteiger partial charge in [0.1, 0.15) is 0 Å². The Morgan fingerprint density at radius 1 is 0.742 bits per heavy atom. The number of piperazine rings is 2. The summed E-state index contributed by atoms with van der Waals surface area (Å²) in [6.45, 7) is 24.6. The van der Waals surface area contributed by atoms with Gasteiger partial charge >= 0.3 is 0 Å². The minimum Gasteiger partial charge on any atom is -0.301 e. The van der Waals surface area contributed by atoms with E-state index in [2.05, 4.69) is 91.2 Å². The molecule has 0 aromatic rings. The second-order valence-corrected chi connectivity index (χ2v) is 9.66. The van der Waals surface area contributed by atoms with Crippen molar-refractivity contribution in [3.63, 3.8) is 0 Å². The van der Waals surface area contributed by atoms with Gasteiger partial charge in [-0.05, 0) is 57.8 Å². The van der Waals surface area contributed by atoms with Crippen molar-refractivity contribution in [1.82, 2.24) is 19.6 Å². The molecule has 6 saturated heterocycles. The second kappa shape index (κ2) is 11.6. The van der Waals surface area contributed by atoms with Crippen LogP contribution in [0.1, 0.15) is 47.5 Å². The highest BCUT2D eigenvalue weighted by Crippen LogP contribution is 2.33. The first-order valence-corrected chi connectivity index (χ1v) is 12.6. The zero-order valence-corrected chi connectivity index (χ0v) is 20.8. The van der Waals surface area contributed by atoms with Gasteiger partial charge in [0, 0.05) is 63.4 Å². The van der Waals surface area contributed by atoms with Crippen molar-refractivity contribution in [2.45, 2.75) is 71.6 Å². The number of hydrogen-bond donors (Lipinski definition) is 0. The molecule has 31 heavy (non-hydrogen) atoms. The van der Waals surface area contributed by atoms with E-state index in [-0.39, 0.29) is 0 Å². The zero-order valence-electron chi connectivity index (χ0n) is 20.8. The van der Waals surface area contributed by atoms with Crippen molar-refractivity contribution >= 4 is 0 Å². The molecule has 0 spiro atoms. The van der Waals surface area contributed by atoms with E-state index in [4.69, 9.17) is 0 Å². The van der Waals surface area contributed by atoms with E-state index in [0.717, 1.165) is 37.3 Å². The Bertz CT molecular complexity index is 655. The normalized spacial score (nSPS) is 32.0. The number of fused-ring (bicyclic) bond motifs is 4. The van der Waals surface area contributed by atoms with E-state index >= 15 is 0 Å². The van der Waals surface area contributed by atoms with Crippen LogP contribution in [0.25, 0.3) is 0 Å². The summed E-state index contributed by atoms with van der Waals surface area (Å²) in [6, 6.07) is 3.23. The molecule has 6 aliphatic rings. The third kappa shape index (κ3) is 5.98. The predicted molar refractivity (Wildman–Crippen MR) is 135 cm³/mol. The molecular weight excluding hydrogens is 380 g/mol. The predicted octanol–water partition coefficient (Wildman–Crippen LogP) is 4.18. The van der Waals surface area contributed by atoms with E-state index in [1.165, 1.54) is 63.3 Å². The Morgan fingerprint density at radius 2 is 1.19 bits per heavy atom. The highest BCUT2D eigenvalue weighted by molar-refractivity contribution is 5.21. The molecule has 0 saturated carbocycles. The summed E-state index contributed by atoms with van der Waals surface area (Å²) in [4.78, 5) is 10.4. The van der Waals surface area contributed by atoms with E-state index in [9.17, 15) is 0 Å². The minimum atomic E-state index is 0.797. The number of piperidine rings is 2. The van der Waals surface area contributed by atoms with Crippen molar-refractivity contribution in [1.29, 1.82) is 0 Å². The Hall–Kier alpha value is -1.20. The molecule has 6 aliphatic heterocycles. The van der Waals surface area contributed by atoms with E-state index in [1.54, 1.807) is 0 Å². The lowest BCUT2D eigenvalue weighted by Crippen LogP contribution is -2.68. The van der Waals surface area contributed by atoms with Crippen molar-refractivity contribution < 1.29 is 0 Å². The minimum absolute atomic E-state index is 0.797. The van der Waals surface area contributed by atoms with Gasteiger partial charge in [0.15, 0.2) is 0 Å². The van der Waals surface area contributed by atoms with E-state index in [0.29, 0.717) is 0 Å². The lowest BCUT2D eigenvalue weighted by atomic mass is 9.86. The molecule has 4 nitrogen and oxygen atoms in total. The molecule has 0 aromatic carbocycles. The SMILES string of the molecule is C/C=C\C(=C/C)CN1C2CC1CN(CC)C2.C=C(/C=C/C)CN1C2CC1CN(CC)C2. The van der Waals surface area contributed by atoms with Gasteiger partial charge in [0.05, 0.1) is 0 Å². The number of nitrogens with zero attached hydrogens (tertiary/aromatic N) is 4. The molecule has 4 atom stereocenters. The molecule has 6 fully saturated rings. The summed E-state index contributed by atoms with van der Waals surface area (Å²) in [5.41, 5.74) is 2.71. The molecule has 0 N–H and O–H groups in total. The van der Waals surface area contributed by atoms with Gasteiger partial charge in [-0.3, -0.25) is 9.80 Å². The van der Waals surface area contributed by atoms with Gasteiger partial charge in [0.2, 0.25) is 0 Å². The Kier molecular flexibility index (Phi) is 9.15. The molecule has 6 heterocycles. The van der Waals surface area contributed by atoms with Crippen LogP contribution in [0, 0.1) is 0 Å². The van der Waals surface area contributed by atoms with Crippen LogP contribution in [-0.4, -0.2) is 96.1 Å². The first-order valence-electron chi connectivity index (χ1n) is 12.6. The van der Waals surface area contributed by atoms with Crippen molar-refractivity contribution in [2.75, 3.05) is 52.4 Å². The lowest BCUT2D eigenvalue weighted by molar-refractivity contribution is -0.0604. The van der Waals surface area contributed by atoms with Crippen molar-refractivity contribution in [3.05, 3.63) is 48.1 Å². The molecule has 174 valence electrons. The van der Waals surface area contributed by atoms with Gasteiger partial charge in [-0.15, -0.1) is 0 Å². The number of rotatable bonds is 8. The fourth-order valence-electron chi connectivity index (χ4n) is 5.77. The van der Waals surface area contributed by atoms with Crippen LogP contribution in [0.5, 0.6) is 0 Å². The topological polar surface area (TPSA) is 13.0 Å². The maximum Gasteiger partial charge on any atom is 0.0245 e. The van der Waals surface area contributed by atoms with Crippen molar-refractivity contribution in [3.8, 4) is 0 Å². The first kappa shape index (κ1) is 24.4. The Morgan fingerprint density at radius 3 is 1.58 bits per heavy atom. The third-order valence-corrected chi connectivity index (χ3v) is 7.64. The number of hydrogen-bond acceptors (Lipinski definition) is 4. The smallest absolute Gasteiger partial charge is 0.0245 e. The molecule has 0 aliphatic carbocycles. The lowest BCUT2D eigenvalue weighted by Gasteiger charge is -2.56. The molecule has 0 radical (unpaired) electrons. The summed E-state index contributed by atoms with van der Waals surface area (Å²) >= 11 is 0. The molecule has 0 amide bonds. The van der Waals surface area contributed by atoms with Gasteiger partial charge in [0.25, 0.3) is 0 Å². The molecule has 4 heteroatoms. The second-order valence-electron chi connectivity index (χ2n) is 9.66. The van der Waals surface area contributed by atoms with Crippen molar-refractivity contribution in [2.24, 2.45) is 0 Å². The highest BCUT2D eigenvalue weighted by atomic mass is 15.4. The molecule has 0 aromatic heterocycles. The Balaban J connectivity index is 0.000000176. The summed E-state index contributed by atoms with van der Waals surface area (Å²) in [5.74, 6) is 0. The standard InChI is InChI=1S/C14H24N2.C13H22N2/c1-4-7-12(5-2)9-16-13-8-14(16)11-15(6-3)10-13;1-4-6-11(3)8-15-12-7-13(15)10-14(5-2)9-12/h4-5,7,13-14H,6,8-11H2,1-3H3;4,6,12-13H,3,5,7-10H2,1-2H3/b7-4-,12-5+;6-4+. The first-order chi connectivity index (χ1) is 15.0. The fourth-order valence-corrected chi connectivity index (χ4v) is 5.77. The summed E-state index contributed by atoms with van der Waals surface area (Å²) in [5, 5.41) is 0. The van der Waals surface area contributed by atoms with Crippen LogP contribution in [0.4, 0.5) is 0 Å². The molecule has 6 rings (SSSR count). The number of likely N-dealkylation sites (N-methyl/N-ethyl adjacent to an activating group) is 2. The Labute approximate surface area is 191 Å². The maximum absolute atomic E-state index is 4.09. The average Bonchev–Trinajstić information content (AvgIpc) is 2.80. The summed E-state index contributed by atoms with van der Waals surface area (Å²) in [6.07, 6.45) is 13.7. The van der Waals surface area contributed by atoms with E-state index in [1.807, 2.05) is 0 Å². The summed E-state index contributed by atoms with van der Waals surface area (Å²) < 4.78 is 0. The van der Waals surface area contributed by atoms with E-state index < -0.39 is 0 Å². The van der Waals surface area contributed by atoms with Gasteiger partial charge in [-0.1, -0.05) is 50.8 Å².